The number of benzene rings is 1. The van der Waals surface area contributed by atoms with Crippen molar-refractivity contribution < 1.29 is 10.1 Å². The van der Waals surface area contributed by atoms with Gasteiger partial charge in [0.15, 0.2) is 5.16 Å². The molecule has 23 heavy (non-hydrogen) atoms. The number of rotatable bonds is 3. The Hall–Kier alpha value is -2.09. The molecule has 1 aliphatic rings. The van der Waals surface area contributed by atoms with Gasteiger partial charge < -0.3 is 10.2 Å². The van der Waals surface area contributed by atoms with E-state index in [9.17, 15) is 15.3 Å². The SMILES string of the molecule is O=[N+]([O-])c1ccc2nc(S[C@H]3CCCCCC/C3=N\O)[nH]c2c1. The fourth-order valence-corrected chi connectivity index (χ4v) is 4.01. The van der Waals surface area contributed by atoms with E-state index in [2.05, 4.69) is 15.1 Å². The van der Waals surface area contributed by atoms with Crippen LogP contribution in [0.25, 0.3) is 11.0 Å². The first kappa shape index (κ1) is 15.8. The third-order valence-electron chi connectivity index (χ3n) is 4.06. The van der Waals surface area contributed by atoms with Gasteiger partial charge in [-0.25, -0.2) is 4.98 Å². The Labute approximate surface area is 137 Å². The smallest absolute Gasteiger partial charge is 0.271 e. The second-order valence-electron chi connectivity index (χ2n) is 5.65. The van der Waals surface area contributed by atoms with Gasteiger partial charge in [0.2, 0.25) is 0 Å². The number of nitrogens with zero attached hydrogens (tertiary/aromatic N) is 3. The zero-order valence-corrected chi connectivity index (χ0v) is 13.4. The minimum Gasteiger partial charge on any atom is -0.411 e. The molecule has 1 aromatic carbocycles. The fourth-order valence-electron chi connectivity index (χ4n) is 2.84. The number of fused-ring (bicyclic) bond motifs is 1. The molecule has 0 aliphatic heterocycles. The molecule has 122 valence electrons. The Bertz CT molecular complexity index is 743. The number of hydrogen-bond acceptors (Lipinski definition) is 6. The van der Waals surface area contributed by atoms with Gasteiger partial charge in [0, 0.05) is 12.1 Å². The van der Waals surface area contributed by atoms with Crippen LogP contribution >= 0.6 is 11.8 Å². The maximum atomic E-state index is 10.8. The van der Waals surface area contributed by atoms with Crippen molar-refractivity contribution in [2.75, 3.05) is 0 Å². The van der Waals surface area contributed by atoms with Crippen LogP contribution in [0.1, 0.15) is 38.5 Å². The van der Waals surface area contributed by atoms with Crippen molar-refractivity contribution in [1.29, 1.82) is 0 Å². The number of nitrogens with one attached hydrogen (secondary N) is 1. The van der Waals surface area contributed by atoms with Crippen LogP contribution in [-0.2, 0) is 0 Å². The van der Waals surface area contributed by atoms with E-state index in [1.165, 1.54) is 36.7 Å². The van der Waals surface area contributed by atoms with Crippen molar-refractivity contribution in [3.63, 3.8) is 0 Å². The summed E-state index contributed by atoms with van der Waals surface area (Å²) in [5.74, 6) is 0. The lowest BCUT2D eigenvalue weighted by Crippen LogP contribution is -2.19. The molecule has 2 N–H and O–H groups in total. The number of aromatic nitrogens is 2. The second kappa shape index (κ2) is 6.99. The molecule has 0 bridgehead atoms. The number of H-pyrrole nitrogens is 1. The minimum atomic E-state index is -0.418. The molecule has 1 fully saturated rings. The molecule has 8 heteroatoms. The standard InChI is InChI=1S/C15H18N4O3S/c20-18-12-5-3-1-2-4-6-14(12)23-15-16-11-8-7-10(19(21)22)9-13(11)17-15/h7-9,14,20H,1-6H2,(H,16,17)/b18-12+/t14-/m0/s1. The summed E-state index contributed by atoms with van der Waals surface area (Å²) in [4.78, 5) is 18.0. The van der Waals surface area contributed by atoms with Gasteiger partial charge in [0.1, 0.15) is 0 Å². The number of hydrogen-bond donors (Lipinski definition) is 2. The van der Waals surface area contributed by atoms with Crippen LogP contribution in [0.2, 0.25) is 0 Å². The number of thioether (sulfide) groups is 1. The Morgan fingerprint density at radius 1 is 1.35 bits per heavy atom. The quantitative estimate of drug-likeness (QED) is 0.499. The molecule has 2 aromatic rings. The summed E-state index contributed by atoms with van der Waals surface area (Å²) in [5, 5.41) is 24.4. The monoisotopic (exact) mass is 334 g/mol. The van der Waals surface area contributed by atoms with E-state index in [1.54, 1.807) is 6.07 Å². The fraction of sp³-hybridized carbons (Fsp3) is 0.467. The maximum Gasteiger partial charge on any atom is 0.271 e. The molecule has 7 nitrogen and oxygen atoms in total. The van der Waals surface area contributed by atoms with E-state index in [1.807, 2.05) is 0 Å². The van der Waals surface area contributed by atoms with Crippen LogP contribution in [-0.4, -0.2) is 31.1 Å². The van der Waals surface area contributed by atoms with E-state index < -0.39 is 4.92 Å². The van der Waals surface area contributed by atoms with E-state index in [4.69, 9.17) is 0 Å². The Kier molecular flexibility index (Phi) is 4.80. The molecule has 0 unspecified atom stereocenters. The Morgan fingerprint density at radius 2 is 2.17 bits per heavy atom. The van der Waals surface area contributed by atoms with Crippen molar-refractivity contribution in [1.82, 2.24) is 9.97 Å². The lowest BCUT2D eigenvalue weighted by Gasteiger charge is -2.19. The van der Waals surface area contributed by atoms with Crippen LogP contribution in [0.3, 0.4) is 0 Å². The van der Waals surface area contributed by atoms with Crippen molar-refractivity contribution in [3.05, 3.63) is 28.3 Å². The normalized spacial score (nSPS) is 21.2. The number of oxime groups is 1. The van der Waals surface area contributed by atoms with Crippen LogP contribution in [0.5, 0.6) is 0 Å². The molecule has 0 saturated heterocycles. The first-order valence-corrected chi connectivity index (χ1v) is 8.57. The van der Waals surface area contributed by atoms with Gasteiger partial charge in [-0.15, -0.1) is 0 Å². The zero-order chi connectivity index (χ0) is 16.2. The summed E-state index contributed by atoms with van der Waals surface area (Å²) >= 11 is 1.53. The van der Waals surface area contributed by atoms with Crippen molar-refractivity contribution in [3.8, 4) is 0 Å². The highest BCUT2D eigenvalue weighted by Gasteiger charge is 2.21. The second-order valence-corrected chi connectivity index (χ2v) is 6.84. The summed E-state index contributed by atoms with van der Waals surface area (Å²) < 4.78 is 0. The number of nitro benzene ring substituents is 1. The summed E-state index contributed by atoms with van der Waals surface area (Å²) in [6, 6.07) is 4.59. The summed E-state index contributed by atoms with van der Waals surface area (Å²) in [7, 11) is 0. The highest BCUT2D eigenvalue weighted by atomic mass is 32.2. The van der Waals surface area contributed by atoms with E-state index in [-0.39, 0.29) is 10.9 Å². The topological polar surface area (TPSA) is 104 Å². The Morgan fingerprint density at radius 3 is 2.96 bits per heavy atom. The van der Waals surface area contributed by atoms with Gasteiger partial charge in [-0.3, -0.25) is 10.1 Å². The lowest BCUT2D eigenvalue weighted by atomic mass is 9.99. The predicted molar refractivity (Wildman–Crippen MR) is 89.3 cm³/mol. The number of nitro groups is 1. The van der Waals surface area contributed by atoms with Crippen LogP contribution in [0, 0.1) is 10.1 Å². The lowest BCUT2D eigenvalue weighted by molar-refractivity contribution is -0.384. The van der Waals surface area contributed by atoms with Gasteiger partial charge >= 0.3 is 0 Å². The summed E-state index contributed by atoms with van der Waals surface area (Å²) in [5.41, 5.74) is 2.20. The highest BCUT2D eigenvalue weighted by Crippen LogP contribution is 2.31. The average molecular weight is 334 g/mol. The largest absolute Gasteiger partial charge is 0.411 e. The Balaban J connectivity index is 1.83. The maximum absolute atomic E-state index is 10.8. The van der Waals surface area contributed by atoms with Gasteiger partial charge in [-0.1, -0.05) is 36.2 Å². The molecule has 1 heterocycles. The molecule has 1 aromatic heterocycles. The van der Waals surface area contributed by atoms with Gasteiger partial charge in [-0.2, -0.15) is 0 Å². The van der Waals surface area contributed by atoms with Crippen molar-refractivity contribution in [2.45, 2.75) is 48.9 Å². The van der Waals surface area contributed by atoms with Crippen molar-refractivity contribution in [2.24, 2.45) is 5.16 Å². The summed E-state index contributed by atoms with van der Waals surface area (Å²) in [6.07, 6.45) is 6.26. The van der Waals surface area contributed by atoms with Gasteiger partial charge in [0.05, 0.1) is 26.9 Å². The molecule has 3 rings (SSSR count). The first-order chi connectivity index (χ1) is 11.2. The van der Waals surface area contributed by atoms with E-state index in [0.29, 0.717) is 16.2 Å². The predicted octanol–water partition coefficient (Wildman–Crippen LogP) is 4.12. The van der Waals surface area contributed by atoms with Crippen LogP contribution in [0.4, 0.5) is 5.69 Å². The molecule has 1 aliphatic carbocycles. The molecule has 0 amide bonds. The molecule has 1 saturated carbocycles. The average Bonchev–Trinajstić information content (AvgIpc) is 2.91. The molecular formula is C15H18N4O3S. The summed E-state index contributed by atoms with van der Waals surface area (Å²) in [6.45, 7) is 0. The number of non-ortho nitro benzene ring substituents is 1. The third kappa shape index (κ3) is 3.64. The van der Waals surface area contributed by atoms with E-state index in [0.717, 1.165) is 31.4 Å². The third-order valence-corrected chi connectivity index (χ3v) is 5.27. The first-order valence-electron chi connectivity index (χ1n) is 7.69. The molecule has 0 radical (unpaired) electrons. The van der Waals surface area contributed by atoms with Crippen LogP contribution in [0.15, 0.2) is 28.5 Å². The highest BCUT2D eigenvalue weighted by molar-refractivity contribution is 8.00. The van der Waals surface area contributed by atoms with E-state index >= 15 is 0 Å². The number of imidazole rings is 1. The molecular weight excluding hydrogens is 316 g/mol. The zero-order valence-electron chi connectivity index (χ0n) is 12.6. The molecule has 0 spiro atoms. The minimum absolute atomic E-state index is 0.0428. The van der Waals surface area contributed by atoms with Gasteiger partial charge in [0.25, 0.3) is 5.69 Å². The van der Waals surface area contributed by atoms with Crippen molar-refractivity contribution >= 4 is 34.2 Å². The van der Waals surface area contributed by atoms with Gasteiger partial charge in [-0.05, 0) is 25.3 Å². The number of aromatic amines is 1. The molecule has 1 atom stereocenters. The van der Waals surface area contributed by atoms with Crippen LogP contribution < -0.4 is 0 Å².